The summed E-state index contributed by atoms with van der Waals surface area (Å²) in [6, 6.07) is 11.2. The molecule has 0 atom stereocenters. The van der Waals surface area contributed by atoms with Crippen LogP contribution < -0.4 is 10.5 Å². The lowest BCUT2D eigenvalue weighted by Gasteiger charge is -2.08. The largest absolute Gasteiger partial charge is 0.454 e. The second kappa shape index (κ2) is 3.83. The third-order valence-electron chi connectivity index (χ3n) is 2.56. The summed E-state index contributed by atoms with van der Waals surface area (Å²) in [5, 5.41) is 0.941. The van der Waals surface area contributed by atoms with Gasteiger partial charge in [0, 0.05) is 12.4 Å². The van der Waals surface area contributed by atoms with Crippen LogP contribution in [0, 0.1) is 0 Å². The fourth-order valence-corrected chi connectivity index (χ4v) is 1.72. The number of para-hydroxylation sites is 2. The van der Waals surface area contributed by atoms with Crippen LogP contribution in [-0.2, 0) is 0 Å². The van der Waals surface area contributed by atoms with Gasteiger partial charge in [-0.2, -0.15) is 0 Å². The highest BCUT2D eigenvalue weighted by molar-refractivity contribution is 5.82. The summed E-state index contributed by atoms with van der Waals surface area (Å²) in [6.07, 6.45) is 3.53. The number of hydrogen-bond acceptors (Lipinski definition) is 3. The van der Waals surface area contributed by atoms with Gasteiger partial charge in [-0.25, -0.2) is 4.98 Å². The summed E-state index contributed by atoms with van der Waals surface area (Å²) in [5.41, 5.74) is 7.26. The maximum Gasteiger partial charge on any atom is 0.150 e. The first-order chi connectivity index (χ1) is 8.34. The molecule has 3 N–H and O–H groups in total. The van der Waals surface area contributed by atoms with Crippen LogP contribution in [-0.4, -0.2) is 9.97 Å². The first kappa shape index (κ1) is 9.72. The van der Waals surface area contributed by atoms with Crippen molar-refractivity contribution in [1.82, 2.24) is 9.97 Å². The van der Waals surface area contributed by atoms with Crippen LogP contribution in [0.1, 0.15) is 0 Å². The molecule has 2 heterocycles. The van der Waals surface area contributed by atoms with E-state index in [9.17, 15) is 0 Å². The molecule has 0 aliphatic heterocycles. The van der Waals surface area contributed by atoms with Crippen LogP contribution in [0.15, 0.2) is 48.8 Å². The number of nitrogens with one attached hydrogen (secondary N) is 1. The van der Waals surface area contributed by atoms with E-state index in [1.165, 1.54) is 0 Å². The van der Waals surface area contributed by atoms with Gasteiger partial charge in [-0.1, -0.05) is 12.1 Å². The van der Waals surface area contributed by atoms with Gasteiger partial charge in [0.05, 0.1) is 11.1 Å². The zero-order valence-corrected chi connectivity index (χ0v) is 9.05. The fourth-order valence-electron chi connectivity index (χ4n) is 1.72. The average Bonchev–Trinajstić information content (AvgIpc) is 2.81. The Morgan fingerprint density at radius 2 is 1.94 bits per heavy atom. The Morgan fingerprint density at radius 3 is 2.82 bits per heavy atom. The highest BCUT2D eigenvalue weighted by Crippen LogP contribution is 2.31. The number of aromatic nitrogens is 2. The summed E-state index contributed by atoms with van der Waals surface area (Å²) >= 11 is 0. The van der Waals surface area contributed by atoms with Gasteiger partial charge in [0.25, 0.3) is 0 Å². The van der Waals surface area contributed by atoms with Gasteiger partial charge < -0.3 is 15.5 Å². The molecule has 3 aromatic rings. The van der Waals surface area contributed by atoms with Crippen LogP contribution in [0.2, 0.25) is 0 Å². The van der Waals surface area contributed by atoms with Crippen molar-refractivity contribution in [3.8, 4) is 11.5 Å². The van der Waals surface area contributed by atoms with Crippen LogP contribution >= 0.6 is 0 Å². The Kier molecular flexibility index (Phi) is 2.19. The van der Waals surface area contributed by atoms with Crippen molar-refractivity contribution in [2.75, 3.05) is 5.73 Å². The second-order valence-electron chi connectivity index (χ2n) is 3.69. The Hall–Kier alpha value is -2.49. The standard InChI is InChI=1S/C13H11N3O/c14-10-3-1-2-4-12(10)17-11-6-8-16-13-9(11)5-7-15-13/h1-8H,14H2,(H,15,16). The number of fused-ring (bicyclic) bond motifs is 1. The Bertz CT molecular complexity index is 660. The SMILES string of the molecule is Nc1ccccc1Oc1ccnc2[nH]ccc12. The number of hydrogen-bond donors (Lipinski definition) is 2. The van der Waals surface area contributed by atoms with E-state index in [0.29, 0.717) is 11.4 Å². The number of rotatable bonds is 2. The highest BCUT2D eigenvalue weighted by atomic mass is 16.5. The number of aromatic amines is 1. The molecule has 0 aliphatic carbocycles. The van der Waals surface area contributed by atoms with Crippen molar-refractivity contribution >= 4 is 16.7 Å². The van der Waals surface area contributed by atoms with Crippen molar-refractivity contribution < 1.29 is 4.74 Å². The molecular weight excluding hydrogens is 214 g/mol. The number of ether oxygens (including phenoxy) is 1. The summed E-state index contributed by atoms with van der Waals surface area (Å²) < 4.78 is 5.80. The number of nitrogen functional groups attached to an aromatic ring is 1. The van der Waals surface area contributed by atoms with E-state index in [4.69, 9.17) is 10.5 Å². The maximum absolute atomic E-state index is 5.84. The number of anilines is 1. The average molecular weight is 225 g/mol. The third kappa shape index (κ3) is 1.69. The van der Waals surface area contributed by atoms with Crippen molar-refractivity contribution in [3.05, 3.63) is 48.8 Å². The van der Waals surface area contributed by atoms with Crippen molar-refractivity contribution in [1.29, 1.82) is 0 Å². The van der Waals surface area contributed by atoms with Gasteiger partial charge in [-0.3, -0.25) is 0 Å². The predicted octanol–water partition coefficient (Wildman–Crippen LogP) is 2.94. The minimum atomic E-state index is 0.619. The fraction of sp³-hybridized carbons (Fsp3) is 0. The first-order valence-electron chi connectivity index (χ1n) is 5.29. The molecule has 0 saturated heterocycles. The Labute approximate surface area is 98.1 Å². The summed E-state index contributed by atoms with van der Waals surface area (Å²) in [7, 11) is 0. The molecule has 0 unspecified atom stereocenters. The van der Waals surface area contributed by atoms with Crippen molar-refractivity contribution in [3.63, 3.8) is 0 Å². The lowest BCUT2D eigenvalue weighted by molar-refractivity contribution is 0.490. The molecule has 1 aromatic carbocycles. The minimum Gasteiger partial charge on any atom is -0.454 e. The monoisotopic (exact) mass is 225 g/mol. The van der Waals surface area contributed by atoms with Crippen molar-refractivity contribution in [2.45, 2.75) is 0 Å². The number of benzene rings is 1. The minimum absolute atomic E-state index is 0.619. The van der Waals surface area contributed by atoms with Crippen LogP contribution in [0.5, 0.6) is 11.5 Å². The molecule has 4 nitrogen and oxygen atoms in total. The highest BCUT2D eigenvalue weighted by Gasteiger charge is 2.06. The van der Waals surface area contributed by atoms with Gasteiger partial charge >= 0.3 is 0 Å². The van der Waals surface area contributed by atoms with Gasteiger partial charge in [-0.05, 0) is 24.3 Å². The predicted molar refractivity (Wildman–Crippen MR) is 67.0 cm³/mol. The van der Waals surface area contributed by atoms with Crippen LogP contribution in [0.25, 0.3) is 11.0 Å². The van der Waals surface area contributed by atoms with E-state index >= 15 is 0 Å². The summed E-state index contributed by atoms with van der Waals surface area (Å²) in [6.45, 7) is 0. The lowest BCUT2D eigenvalue weighted by Crippen LogP contribution is -1.92. The number of nitrogens with two attached hydrogens (primary N) is 1. The van der Waals surface area contributed by atoms with E-state index in [0.717, 1.165) is 16.8 Å². The molecule has 0 spiro atoms. The summed E-state index contributed by atoms with van der Waals surface area (Å²) in [4.78, 5) is 7.24. The molecular formula is C13H11N3O. The van der Waals surface area contributed by atoms with E-state index < -0.39 is 0 Å². The molecule has 17 heavy (non-hydrogen) atoms. The van der Waals surface area contributed by atoms with E-state index in [2.05, 4.69) is 9.97 Å². The van der Waals surface area contributed by atoms with Crippen LogP contribution in [0.4, 0.5) is 5.69 Å². The number of pyridine rings is 1. The molecule has 4 heteroatoms. The molecule has 0 radical (unpaired) electrons. The van der Waals surface area contributed by atoms with Crippen LogP contribution in [0.3, 0.4) is 0 Å². The number of nitrogens with zero attached hydrogens (tertiary/aromatic N) is 1. The first-order valence-corrected chi connectivity index (χ1v) is 5.29. The zero-order valence-electron chi connectivity index (χ0n) is 9.05. The second-order valence-corrected chi connectivity index (χ2v) is 3.69. The molecule has 0 aliphatic rings. The third-order valence-corrected chi connectivity index (χ3v) is 2.56. The van der Waals surface area contributed by atoms with E-state index in [1.54, 1.807) is 6.20 Å². The maximum atomic E-state index is 5.84. The molecule has 84 valence electrons. The molecule has 0 bridgehead atoms. The summed E-state index contributed by atoms with van der Waals surface area (Å²) in [5.74, 6) is 1.40. The Morgan fingerprint density at radius 1 is 1.06 bits per heavy atom. The molecule has 0 fully saturated rings. The molecule has 0 saturated carbocycles. The topological polar surface area (TPSA) is 63.9 Å². The Balaban J connectivity index is 2.06. The molecule has 2 aromatic heterocycles. The smallest absolute Gasteiger partial charge is 0.150 e. The van der Waals surface area contributed by atoms with Gasteiger partial charge in [0.15, 0.2) is 0 Å². The van der Waals surface area contributed by atoms with E-state index in [1.807, 2.05) is 42.6 Å². The number of H-pyrrole nitrogens is 1. The lowest BCUT2D eigenvalue weighted by atomic mass is 10.3. The van der Waals surface area contributed by atoms with E-state index in [-0.39, 0.29) is 0 Å². The molecule has 3 rings (SSSR count). The van der Waals surface area contributed by atoms with Crippen molar-refractivity contribution in [2.24, 2.45) is 0 Å². The zero-order chi connectivity index (χ0) is 11.7. The molecule has 0 amide bonds. The van der Waals surface area contributed by atoms with Gasteiger partial charge in [0.1, 0.15) is 17.1 Å². The quantitative estimate of drug-likeness (QED) is 0.659. The normalized spacial score (nSPS) is 10.6. The van der Waals surface area contributed by atoms with Gasteiger partial charge in [0.2, 0.25) is 0 Å². The van der Waals surface area contributed by atoms with Gasteiger partial charge in [-0.15, -0.1) is 0 Å².